The van der Waals surface area contributed by atoms with Crippen LogP contribution in [0.5, 0.6) is 0 Å². The van der Waals surface area contributed by atoms with E-state index in [9.17, 15) is 0 Å². The number of thiazole rings is 1. The van der Waals surface area contributed by atoms with Crippen LogP contribution in [0.2, 0.25) is 0 Å². The quantitative estimate of drug-likeness (QED) is 0.552. The van der Waals surface area contributed by atoms with Crippen molar-refractivity contribution in [1.29, 1.82) is 0 Å². The van der Waals surface area contributed by atoms with Crippen LogP contribution in [0.25, 0.3) is 0 Å². The van der Waals surface area contributed by atoms with E-state index in [1.165, 1.54) is 0 Å². The Morgan fingerprint density at radius 3 is 3.11 bits per heavy atom. The third kappa shape index (κ3) is 0.767. The summed E-state index contributed by atoms with van der Waals surface area (Å²) in [6.07, 6.45) is 1.81. The molecule has 0 aliphatic carbocycles. The summed E-state index contributed by atoms with van der Waals surface area (Å²) >= 11 is 1.66. The summed E-state index contributed by atoms with van der Waals surface area (Å²) in [6, 6.07) is 0. The molecule has 0 saturated carbocycles. The van der Waals surface area contributed by atoms with Gasteiger partial charge in [0.1, 0.15) is 10.6 Å². The zero-order valence-electron chi connectivity index (χ0n) is 5.13. The second kappa shape index (κ2) is 1.55. The maximum Gasteiger partial charge on any atom is 0.140 e. The van der Waals surface area contributed by atoms with Crippen molar-refractivity contribution >= 4 is 11.3 Å². The third-order valence-corrected chi connectivity index (χ3v) is 2.48. The van der Waals surface area contributed by atoms with E-state index in [4.69, 9.17) is 4.74 Å². The SMILES string of the molecule is C[C@@]1(c2nccs2)CO1. The number of rotatable bonds is 1. The van der Waals surface area contributed by atoms with Gasteiger partial charge in [0.15, 0.2) is 0 Å². The van der Waals surface area contributed by atoms with E-state index in [0.717, 1.165) is 11.6 Å². The van der Waals surface area contributed by atoms with Gasteiger partial charge in [-0.15, -0.1) is 11.3 Å². The Morgan fingerprint density at radius 2 is 2.67 bits per heavy atom. The summed E-state index contributed by atoms with van der Waals surface area (Å²) in [6.45, 7) is 2.90. The molecule has 0 aromatic carbocycles. The maximum absolute atomic E-state index is 5.19. The molecule has 0 spiro atoms. The Labute approximate surface area is 57.5 Å². The van der Waals surface area contributed by atoms with Crippen molar-refractivity contribution in [2.45, 2.75) is 12.5 Å². The Kier molecular flexibility index (Phi) is 0.926. The minimum absolute atomic E-state index is 0.0197. The van der Waals surface area contributed by atoms with Gasteiger partial charge in [-0.2, -0.15) is 0 Å². The van der Waals surface area contributed by atoms with Gasteiger partial charge >= 0.3 is 0 Å². The Bertz CT molecular complexity index is 203. The molecule has 0 unspecified atom stereocenters. The van der Waals surface area contributed by atoms with Crippen molar-refractivity contribution < 1.29 is 4.74 Å². The molecule has 1 aliphatic rings. The summed E-state index contributed by atoms with van der Waals surface area (Å²) in [5.41, 5.74) is -0.0197. The number of hydrogen-bond donors (Lipinski definition) is 0. The molecule has 2 rings (SSSR count). The van der Waals surface area contributed by atoms with E-state index in [0.29, 0.717) is 0 Å². The predicted molar refractivity (Wildman–Crippen MR) is 35.4 cm³/mol. The lowest BCUT2D eigenvalue weighted by molar-refractivity contribution is 0.329. The highest BCUT2D eigenvalue weighted by Gasteiger charge is 2.43. The number of hydrogen-bond acceptors (Lipinski definition) is 3. The average molecular weight is 141 g/mol. The summed E-state index contributed by atoms with van der Waals surface area (Å²) in [7, 11) is 0. The van der Waals surface area contributed by atoms with Gasteiger partial charge in [0, 0.05) is 11.6 Å². The highest BCUT2D eigenvalue weighted by molar-refractivity contribution is 7.09. The molecular weight excluding hydrogens is 134 g/mol. The molecule has 2 nitrogen and oxygen atoms in total. The fourth-order valence-electron chi connectivity index (χ4n) is 0.716. The summed E-state index contributed by atoms with van der Waals surface area (Å²) in [5.74, 6) is 0. The molecule has 1 saturated heterocycles. The highest BCUT2D eigenvalue weighted by Crippen LogP contribution is 2.38. The molecule has 1 aromatic heterocycles. The van der Waals surface area contributed by atoms with Gasteiger partial charge in [-0.05, 0) is 6.92 Å². The Morgan fingerprint density at radius 1 is 1.89 bits per heavy atom. The smallest absolute Gasteiger partial charge is 0.140 e. The zero-order chi connectivity index (χ0) is 6.32. The molecule has 0 radical (unpaired) electrons. The fraction of sp³-hybridized carbons (Fsp3) is 0.500. The van der Waals surface area contributed by atoms with Crippen LogP contribution in [0.1, 0.15) is 11.9 Å². The van der Waals surface area contributed by atoms with Gasteiger partial charge in [-0.1, -0.05) is 0 Å². The fourth-order valence-corrected chi connectivity index (χ4v) is 1.46. The van der Waals surface area contributed by atoms with Crippen molar-refractivity contribution in [3.05, 3.63) is 16.6 Å². The van der Waals surface area contributed by atoms with Gasteiger partial charge in [-0.25, -0.2) is 4.98 Å². The monoisotopic (exact) mass is 141 g/mol. The lowest BCUT2D eigenvalue weighted by atomic mass is 10.2. The van der Waals surface area contributed by atoms with Crippen molar-refractivity contribution in [2.75, 3.05) is 6.61 Å². The number of nitrogens with zero attached hydrogens (tertiary/aromatic N) is 1. The second-order valence-electron chi connectivity index (χ2n) is 2.36. The van der Waals surface area contributed by atoms with E-state index < -0.39 is 0 Å². The maximum atomic E-state index is 5.19. The topological polar surface area (TPSA) is 25.4 Å². The van der Waals surface area contributed by atoms with E-state index >= 15 is 0 Å². The first-order valence-electron chi connectivity index (χ1n) is 2.85. The van der Waals surface area contributed by atoms with Gasteiger partial charge in [0.05, 0.1) is 6.61 Å². The standard InChI is InChI=1S/C6H7NOS/c1-6(4-8-6)5-7-2-3-9-5/h2-3H,4H2,1H3/t6-/m0/s1. The van der Waals surface area contributed by atoms with Crippen LogP contribution in [0.4, 0.5) is 0 Å². The normalized spacial score (nSPS) is 32.6. The molecule has 9 heavy (non-hydrogen) atoms. The van der Waals surface area contributed by atoms with Crippen LogP contribution < -0.4 is 0 Å². The Hall–Kier alpha value is -0.410. The number of ether oxygens (including phenoxy) is 1. The van der Waals surface area contributed by atoms with E-state index in [1.54, 1.807) is 11.3 Å². The minimum Gasteiger partial charge on any atom is -0.362 e. The van der Waals surface area contributed by atoms with Gasteiger partial charge < -0.3 is 4.74 Å². The molecule has 0 N–H and O–H groups in total. The summed E-state index contributed by atoms with van der Waals surface area (Å²) < 4.78 is 5.19. The van der Waals surface area contributed by atoms with Crippen LogP contribution >= 0.6 is 11.3 Å². The third-order valence-electron chi connectivity index (χ3n) is 1.46. The highest BCUT2D eigenvalue weighted by atomic mass is 32.1. The van der Waals surface area contributed by atoms with Gasteiger partial charge in [-0.3, -0.25) is 0 Å². The molecule has 1 aliphatic heterocycles. The average Bonchev–Trinajstić information content (AvgIpc) is 2.46. The molecule has 1 fully saturated rings. The largest absolute Gasteiger partial charge is 0.362 e. The molecular formula is C6H7NOS. The van der Waals surface area contributed by atoms with Gasteiger partial charge in [0.2, 0.25) is 0 Å². The summed E-state index contributed by atoms with van der Waals surface area (Å²) in [5, 5.41) is 3.07. The first-order valence-corrected chi connectivity index (χ1v) is 3.73. The molecule has 0 amide bonds. The Balaban J connectivity index is 2.34. The zero-order valence-corrected chi connectivity index (χ0v) is 5.94. The molecule has 3 heteroatoms. The van der Waals surface area contributed by atoms with Crippen molar-refractivity contribution in [2.24, 2.45) is 0 Å². The van der Waals surface area contributed by atoms with E-state index in [-0.39, 0.29) is 5.60 Å². The van der Waals surface area contributed by atoms with E-state index in [1.807, 2.05) is 11.6 Å². The van der Waals surface area contributed by atoms with E-state index in [2.05, 4.69) is 11.9 Å². The van der Waals surface area contributed by atoms with Crippen LogP contribution in [-0.2, 0) is 10.3 Å². The van der Waals surface area contributed by atoms with Crippen molar-refractivity contribution in [1.82, 2.24) is 4.98 Å². The molecule has 0 bridgehead atoms. The number of aromatic nitrogens is 1. The number of epoxide rings is 1. The first-order chi connectivity index (χ1) is 4.31. The van der Waals surface area contributed by atoms with Crippen molar-refractivity contribution in [3.63, 3.8) is 0 Å². The lowest BCUT2D eigenvalue weighted by Crippen LogP contribution is -1.99. The van der Waals surface area contributed by atoms with Gasteiger partial charge in [0.25, 0.3) is 0 Å². The minimum atomic E-state index is -0.0197. The van der Waals surface area contributed by atoms with Crippen LogP contribution in [0.15, 0.2) is 11.6 Å². The second-order valence-corrected chi connectivity index (χ2v) is 3.25. The first kappa shape index (κ1) is 5.38. The molecule has 1 aromatic rings. The molecule has 1 atom stereocenters. The van der Waals surface area contributed by atoms with Crippen LogP contribution in [0.3, 0.4) is 0 Å². The molecule has 2 heterocycles. The lowest BCUT2D eigenvalue weighted by Gasteiger charge is -1.95. The van der Waals surface area contributed by atoms with Crippen molar-refractivity contribution in [3.8, 4) is 0 Å². The summed E-state index contributed by atoms with van der Waals surface area (Å²) in [4.78, 5) is 4.14. The molecule has 48 valence electrons. The van der Waals surface area contributed by atoms with Crippen LogP contribution in [-0.4, -0.2) is 11.6 Å². The van der Waals surface area contributed by atoms with Crippen LogP contribution in [0, 0.1) is 0 Å². The predicted octanol–water partition coefficient (Wildman–Crippen LogP) is 1.39.